The molecule has 1 aromatic carbocycles. The van der Waals surface area contributed by atoms with E-state index in [0.29, 0.717) is 11.3 Å². The molecule has 0 radical (unpaired) electrons. The Morgan fingerprint density at radius 1 is 1.47 bits per heavy atom. The van der Waals surface area contributed by atoms with Crippen LogP contribution in [-0.4, -0.2) is 25.7 Å². The molecule has 106 valence electrons. The van der Waals surface area contributed by atoms with E-state index in [0.717, 1.165) is 0 Å². The first-order chi connectivity index (χ1) is 8.93. The zero-order valence-electron chi connectivity index (χ0n) is 10.7. The number of nitrogens with two attached hydrogens (primary N) is 1. The number of nitrogens with one attached hydrogen (secondary N) is 1. The van der Waals surface area contributed by atoms with Crippen LogP contribution in [0, 0.1) is 0 Å². The molecule has 0 aliphatic rings. The molecule has 7 heteroatoms. The third-order valence-corrected chi connectivity index (χ3v) is 2.35. The first-order valence-electron chi connectivity index (χ1n) is 5.59. The number of carbonyl (C=O) groups excluding carboxylic acids is 1. The zero-order chi connectivity index (χ0) is 14.4. The van der Waals surface area contributed by atoms with Gasteiger partial charge < -0.3 is 20.5 Å². The Hall–Kier alpha value is -1.89. The van der Waals surface area contributed by atoms with Gasteiger partial charge in [-0.2, -0.15) is 8.78 Å². The molecule has 19 heavy (non-hydrogen) atoms. The van der Waals surface area contributed by atoms with Crippen molar-refractivity contribution in [2.75, 3.05) is 7.11 Å². The molecular weight excluding hydrogens is 258 g/mol. The van der Waals surface area contributed by atoms with Crippen LogP contribution in [0.1, 0.15) is 12.5 Å². The quantitative estimate of drug-likeness (QED) is 0.819. The van der Waals surface area contributed by atoms with Crippen LogP contribution in [0.3, 0.4) is 0 Å². The molecule has 1 atom stereocenters. The van der Waals surface area contributed by atoms with Gasteiger partial charge in [0.25, 0.3) is 0 Å². The number of carbonyl (C=O) groups is 1. The van der Waals surface area contributed by atoms with Crippen LogP contribution < -0.4 is 20.5 Å². The molecular formula is C12H16F2N2O3. The Labute approximate surface area is 109 Å². The topological polar surface area (TPSA) is 73.6 Å². The minimum Gasteiger partial charge on any atom is -0.497 e. The van der Waals surface area contributed by atoms with Crippen molar-refractivity contribution in [2.45, 2.75) is 26.1 Å². The van der Waals surface area contributed by atoms with Gasteiger partial charge in [-0.3, -0.25) is 4.79 Å². The molecule has 0 heterocycles. The first-order valence-corrected chi connectivity index (χ1v) is 5.59. The molecule has 1 rings (SSSR count). The van der Waals surface area contributed by atoms with Crippen LogP contribution >= 0.6 is 0 Å². The molecule has 0 aliphatic heterocycles. The van der Waals surface area contributed by atoms with Crippen molar-refractivity contribution in [1.29, 1.82) is 0 Å². The molecule has 0 aliphatic carbocycles. The fourth-order valence-electron chi connectivity index (χ4n) is 1.38. The Morgan fingerprint density at radius 2 is 2.16 bits per heavy atom. The summed E-state index contributed by atoms with van der Waals surface area (Å²) >= 11 is 0. The lowest BCUT2D eigenvalue weighted by Gasteiger charge is -2.13. The van der Waals surface area contributed by atoms with Crippen molar-refractivity contribution in [1.82, 2.24) is 5.32 Å². The van der Waals surface area contributed by atoms with E-state index in [1.54, 1.807) is 0 Å². The smallest absolute Gasteiger partial charge is 0.387 e. The molecule has 3 N–H and O–H groups in total. The Morgan fingerprint density at radius 3 is 2.68 bits per heavy atom. The lowest BCUT2D eigenvalue weighted by atomic mass is 10.2. The van der Waals surface area contributed by atoms with Gasteiger partial charge in [0.2, 0.25) is 5.91 Å². The lowest BCUT2D eigenvalue weighted by Crippen LogP contribution is -2.37. The summed E-state index contributed by atoms with van der Waals surface area (Å²) in [5.41, 5.74) is 5.77. The Balaban J connectivity index is 2.85. The number of alkyl halides is 2. The van der Waals surface area contributed by atoms with Gasteiger partial charge in [-0.15, -0.1) is 0 Å². The maximum Gasteiger partial charge on any atom is 0.387 e. The summed E-state index contributed by atoms with van der Waals surface area (Å²) in [5.74, 6) is 0.0817. The van der Waals surface area contributed by atoms with Crippen LogP contribution in [0.4, 0.5) is 8.78 Å². The third kappa shape index (κ3) is 4.70. The van der Waals surface area contributed by atoms with Gasteiger partial charge in [-0.1, -0.05) is 0 Å². The second-order valence-electron chi connectivity index (χ2n) is 3.86. The lowest BCUT2D eigenvalue weighted by molar-refractivity contribution is -0.122. The monoisotopic (exact) mass is 274 g/mol. The highest BCUT2D eigenvalue weighted by atomic mass is 19.3. The van der Waals surface area contributed by atoms with Crippen LogP contribution in [-0.2, 0) is 11.3 Å². The number of ether oxygens (including phenoxy) is 2. The molecule has 0 bridgehead atoms. The van der Waals surface area contributed by atoms with E-state index in [-0.39, 0.29) is 18.2 Å². The van der Waals surface area contributed by atoms with Crippen LogP contribution in [0.5, 0.6) is 11.5 Å². The van der Waals surface area contributed by atoms with Gasteiger partial charge in [0, 0.05) is 12.1 Å². The van der Waals surface area contributed by atoms with E-state index in [1.165, 1.54) is 32.2 Å². The van der Waals surface area contributed by atoms with Gasteiger partial charge in [-0.05, 0) is 25.1 Å². The van der Waals surface area contributed by atoms with Crippen molar-refractivity contribution in [3.63, 3.8) is 0 Å². The van der Waals surface area contributed by atoms with Gasteiger partial charge in [0.1, 0.15) is 11.5 Å². The van der Waals surface area contributed by atoms with E-state index in [1.807, 2.05) is 0 Å². The number of methoxy groups -OCH3 is 1. The second-order valence-corrected chi connectivity index (χ2v) is 3.86. The third-order valence-electron chi connectivity index (χ3n) is 2.35. The molecule has 0 saturated heterocycles. The molecule has 0 fully saturated rings. The minimum absolute atomic E-state index is 0.0132. The van der Waals surface area contributed by atoms with Crippen LogP contribution in [0.15, 0.2) is 18.2 Å². The number of amides is 1. The normalized spacial score (nSPS) is 12.1. The molecule has 5 nitrogen and oxygen atoms in total. The second kappa shape index (κ2) is 6.89. The summed E-state index contributed by atoms with van der Waals surface area (Å²) in [5, 5.41) is 2.52. The number of hydrogen-bond acceptors (Lipinski definition) is 4. The summed E-state index contributed by atoms with van der Waals surface area (Å²) in [6.45, 7) is -1.38. The number of hydrogen-bond donors (Lipinski definition) is 2. The largest absolute Gasteiger partial charge is 0.497 e. The zero-order valence-corrected chi connectivity index (χ0v) is 10.7. The SMILES string of the molecule is COc1ccc(OC(F)F)c(CNC(=O)[C@H](C)N)c1. The summed E-state index contributed by atoms with van der Waals surface area (Å²) in [6.07, 6.45) is 0. The highest BCUT2D eigenvalue weighted by Gasteiger charge is 2.13. The molecule has 0 unspecified atom stereocenters. The molecule has 1 amide bonds. The fourth-order valence-corrected chi connectivity index (χ4v) is 1.38. The summed E-state index contributed by atoms with van der Waals surface area (Å²) in [6, 6.07) is 3.69. The summed E-state index contributed by atoms with van der Waals surface area (Å²) < 4.78 is 33.9. The van der Waals surface area contributed by atoms with Gasteiger partial charge in [0.15, 0.2) is 0 Å². The van der Waals surface area contributed by atoms with Crippen molar-refractivity contribution < 1.29 is 23.0 Å². The van der Waals surface area contributed by atoms with E-state index in [4.69, 9.17) is 10.5 Å². The van der Waals surface area contributed by atoms with E-state index in [9.17, 15) is 13.6 Å². The van der Waals surface area contributed by atoms with Crippen molar-refractivity contribution >= 4 is 5.91 Å². The maximum absolute atomic E-state index is 12.2. The number of rotatable bonds is 6. The number of benzene rings is 1. The van der Waals surface area contributed by atoms with E-state index < -0.39 is 12.7 Å². The molecule has 0 saturated carbocycles. The maximum atomic E-state index is 12.2. The first kappa shape index (κ1) is 15.2. The van der Waals surface area contributed by atoms with E-state index in [2.05, 4.69) is 10.1 Å². The fraction of sp³-hybridized carbons (Fsp3) is 0.417. The molecule has 0 spiro atoms. The minimum atomic E-state index is -2.93. The average Bonchev–Trinajstić information content (AvgIpc) is 2.36. The Kier molecular flexibility index (Phi) is 5.50. The van der Waals surface area contributed by atoms with E-state index >= 15 is 0 Å². The van der Waals surface area contributed by atoms with Crippen molar-refractivity contribution in [3.8, 4) is 11.5 Å². The average molecular weight is 274 g/mol. The van der Waals surface area contributed by atoms with Crippen molar-refractivity contribution in [2.24, 2.45) is 5.73 Å². The van der Waals surface area contributed by atoms with Gasteiger partial charge in [-0.25, -0.2) is 0 Å². The van der Waals surface area contributed by atoms with Gasteiger partial charge in [0.05, 0.1) is 13.2 Å². The predicted molar refractivity (Wildman–Crippen MR) is 65.1 cm³/mol. The highest BCUT2D eigenvalue weighted by Crippen LogP contribution is 2.25. The Bertz CT molecular complexity index is 439. The standard InChI is InChI=1S/C12H16F2N2O3/c1-7(15)11(17)16-6-8-5-9(18-2)3-4-10(8)19-12(13)14/h3-5,7,12H,6,15H2,1-2H3,(H,16,17)/t7-/m0/s1. The molecule has 0 aromatic heterocycles. The molecule has 1 aromatic rings. The number of halogens is 2. The van der Waals surface area contributed by atoms with Crippen LogP contribution in [0.25, 0.3) is 0 Å². The van der Waals surface area contributed by atoms with Gasteiger partial charge >= 0.3 is 6.61 Å². The predicted octanol–water partition coefficient (Wildman–Crippen LogP) is 1.26. The summed E-state index contributed by atoms with van der Waals surface area (Å²) in [7, 11) is 1.45. The summed E-state index contributed by atoms with van der Waals surface area (Å²) in [4.78, 5) is 11.3. The van der Waals surface area contributed by atoms with Crippen LogP contribution in [0.2, 0.25) is 0 Å². The highest BCUT2D eigenvalue weighted by molar-refractivity contribution is 5.81. The van der Waals surface area contributed by atoms with Crippen molar-refractivity contribution in [3.05, 3.63) is 23.8 Å².